The van der Waals surface area contributed by atoms with Gasteiger partial charge in [-0.15, -0.1) is 11.3 Å². The lowest BCUT2D eigenvalue weighted by atomic mass is 10.1. The largest absolute Gasteiger partial charge is 0.309 e. The number of para-hydroxylation sites is 3. The summed E-state index contributed by atoms with van der Waals surface area (Å²) in [5.41, 5.74) is 7.69. The van der Waals surface area contributed by atoms with Crippen LogP contribution >= 0.6 is 11.3 Å². The summed E-state index contributed by atoms with van der Waals surface area (Å²) in [4.78, 5) is 15.0. The second-order valence-corrected chi connectivity index (χ2v) is 13.5. The second-order valence-electron chi connectivity index (χ2n) is 12.4. The van der Waals surface area contributed by atoms with Gasteiger partial charge in [0.15, 0.2) is 5.82 Å². The van der Waals surface area contributed by atoms with Crippen molar-refractivity contribution >= 4 is 86.0 Å². The van der Waals surface area contributed by atoms with Gasteiger partial charge < -0.3 is 4.57 Å². The van der Waals surface area contributed by atoms with E-state index >= 15 is 0 Å². The van der Waals surface area contributed by atoms with Gasteiger partial charge in [0, 0.05) is 70.7 Å². The van der Waals surface area contributed by atoms with Crippen LogP contribution in [0.3, 0.4) is 0 Å². The fourth-order valence-corrected chi connectivity index (χ4v) is 9.00. The fourth-order valence-electron chi connectivity index (χ4n) is 7.74. The molecule has 0 unspecified atom stereocenters. The molecule has 6 aromatic carbocycles. The van der Waals surface area contributed by atoms with Gasteiger partial charge in [-0.3, -0.25) is 9.55 Å². The molecule has 0 radical (unpaired) electrons. The molecule has 11 rings (SSSR count). The predicted molar refractivity (Wildman–Crippen MR) is 204 cm³/mol. The Kier molecular flexibility index (Phi) is 5.48. The highest BCUT2D eigenvalue weighted by Gasteiger charge is 2.23. The van der Waals surface area contributed by atoms with Crippen molar-refractivity contribution in [2.24, 2.45) is 0 Å². The number of aromatic nitrogens is 5. The molecule has 6 heteroatoms. The molecular weight excluding hydrogens is 619 g/mol. The van der Waals surface area contributed by atoms with Gasteiger partial charge in [-0.2, -0.15) is 0 Å². The first-order valence-electron chi connectivity index (χ1n) is 16.4. The molecule has 5 aromatic heterocycles. The summed E-state index contributed by atoms with van der Waals surface area (Å²) in [6, 6.07) is 49.3. The predicted octanol–water partition coefficient (Wildman–Crippen LogP) is 11.3. The van der Waals surface area contributed by atoms with Crippen molar-refractivity contribution in [2.45, 2.75) is 0 Å². The molecule has 11 aromatic rings. The van der Waals surface area contributed by atoms with E-state index in [4.69, 9.17) is 9.97 Å². The zero-order valence-electron chi connectivity index (χ0n) is 26.1. The normalized spacial score (nSPS) is 12.1. The third-order valence-electron chi connectivity index (χ3n) is 9.81. The molecule has 228 valence electrons. The van der Waals surface area contributed by atoms with Gasteiger partial charge >= 0.3 is 0 Å². The van der Waals surface area contributed by atoms with Crippen molar-refractivity contribution in [1.29, 1.82) is 0 Å². The van der Waals surface area contributed by atoms with Crippen molar-refractivity contribution < 1.29 is 0 Å². The summed E-state index contributed by atoms with van der Waals surface area (Å²) in [5.74, 6) is 1.57. The molecule has 0 spiro atoms. The van der Waals surface area contributed by atoms with Crippen molar-refractivity contribution in [3.63, 3.8) is 0 Å². The van der Waals surface area contributed by atoms with E-state index in [9.17, 15) is 0 Å². The summed E-state index contributed by atoms with van der Waals surface area (Å²) >= 11 is 1.87. The van der Waals surface area contributed by atoms with Crippen LogP contribution in [0.5, 0.6) is 0 Å². The van der Waals surface area contributed by atoms with Crippen molar-refractivity contribution in [2.75, 3.05) is 0 Å². The first-order valence-corrected chi connectivity index (χ1v) is 17.2. The van der Waals surface area contributed by atoms with E-state index in [1.165, 1.54) is 42.0 Å². The monoisotopic (exact) mass is 643 g/mol. The second kappa shape index (κ2) is 10.1. The van der Waals surface area contributed by atoms with Crippen LogP contribution in [0.4, 0.5) is 0 Å². The Hall–Kier alpha value is -6.37. The van der Waals surface area contributed by atoms with Crippen LogP contribution in [0, 0.1) is 0 Å². The maximum Gasteiger partial charge on any atom is 0.162 e. The molecule has 0 atom stereocenters. The Morgan fingerprint density at radius 3 is 2.10 bits per heavy atom. The van der Waals surface area contributed by atoms with E-state index in [0.29, 0.717) is 5.82 Å². The van der Waals surface area contributed by atoms with Crippen LogP contribution in [0.2, 0.25) is 0 Å². The van der Waals surface area contributed by atoms with E-state index in [1.54, 1.807) is 0 Å². The average Bonchev–Trinajstić information content (AvgIpc) is 3.82. The van der Waals surface area contributed by atoms with Gasteiger partial charge in [-0.1, -0.05) is 91.0 Å². The van der Waals surface area contributed by atoms with E-state index in [1.807, 2.05) is 48.0 Å². The van der Waals surface area contributed by atoms with E-state index < -0.39 is 0 Å². The third kappa shape index (κ3) is 3.72. The van der Waals surface area contributed by atoms with Gasteiger partial charge in [-0.05, 0) is 48.5 Å². The van der Waals surface area contributed by atoms with Crippen LogP contribution in [-0.2, 0) is 0 Å². The summed E-state index contributed by atoms with van der Waals surface area (Å²) in [6.07, 6.45) is 3.87. The Morgan fingerprint density at radius 2 is 1.22 bits per heavy atom. The number of fused-ring (bicyclic) bond motifs is 12. The minimum absolute atomic E-state index is 0.705. The Bertz CT molecular complexity index is 3100. The first kappa shape index (κ1) is 26.7. The Balaban J connectivity index is 1.32. The molecule has 0 aliphatic rings. The molecule has 0 fully saturated rings. The summed E-state index contributed by atoms with van der Waals surface area (Å²) in [5, 5.41) is 8.28. The van der Waals surface area contributed by atoms with Crippen LogP contribution in [0.1, 0.15) is 0 Å². The minimum atomic E-state index is 0.705. The van der Waals surface area contributed by atoms with Gasteiger partial charge in [-0.25, -0.2) is 9.97 Å². The van der Waals surface area contributed by atoms with Crippen LogP contribution in [-0.4, -0.2) is 24.1 Å². The Morgan fingerprint density at radius 1 is 0.490 bits per heavy atom. The number of rotatable bonds is 3. The van der Waals surface area contributed by atoms with Gasteiger partial charge in [0.05, 0.1) is 27.6 Å². The summed E-state index contributed by atoms with van der Waals surface area (Å²) in [6.45, 7) is 0. The number of hydrogen-bond donors (Lipinski definition) is 0. The molecule has 0 saturated heterocycles. The zero-order valence-corrected chi connectivity index (χ0v) is 26.9. The minimum Gasteiger partial charge on any atom is -0.309 e. The quantitative estimate of drug-likeness (QED) is 0.192. The van der Waals surface area contributed by atoms with Crippen LogP contribution < -0.4 is 0 Å². The molecule has 0 N–H and O–H groups in total. The Labute approximate surface area is 284 Å². The molecule has 5 heterocycles. The smallest absolute Gasteiger partial charge is 0.162 e. The van der Waals surface area contributed by atoms with Crippen LogP contribution in [0.25, 0.3) is 97.6 Å². The highest BCUT2D eigenvalue weighted by atomic mass is 32.1. The number of thiophene rings is 1. The number of hydrogen-bond acceptors (Lipinski definition) is 4. The number of benzene rings is 6. The van der Waals surface area contributed by atoms with E-state index in [2.05, 4.69) is 129 Å². The molecule has 49 heavy (non-hydrogen) atoms. The fraction of sp³-hybridized carbons (Fsp3) is 0. The molecule has 5 nitrogen and oxygen atoms in total. The average molecular weight is 644 g/mol. The lowest BCUT2D eigenvalue weighted by Gasteiger charge is -2.13. The number of nitrogens with zero attached hydrogens (tertiary/aromatic N) is 5. The molecule has 0 bridgehead atoms. The lowest BCUT2D eigenvalue weighted by molar-refractivity contribution is 1.08. The third-order valence-corrected chi connectivity index (χ3v) is 11.0. The summed E-state index contributed by atoms with van der Waals surface area (Å²) < 4.78 is 7.28. The van der Waals surface area contributed by atoms with Crippen LogP contribution in [0.15, 0.2) is 152 Å². The van der Waals surface area contributed by atoms with E-state index in [-0.39, 0.29) is 0 Å². The zero-order chi connectivity index (χ0) is 32.1. The molecule has 0 aliphatic carbocycles. The molecular formula is C43H25N5S. The maximum atomic E-state index is 5.34. The van der Waals surface area contributed by atoms with Gasteiger partial charge in [0.25, 0.3) is 0 Å². The topological polar surface area (TPSA) is 48.5 Å². The maximum absolute atomic E-state index is 5.34. The first-order chi connectivity index (χ1) is 24.3. The van der Waals surface area contributed by atoms with Crippen molar-refractivity contribution in [3.8, 4) is 22.9 Å². The lowest BCUT2D eigenvalue weighted by Crippen LogP contribution is -2.02. The van der Waals surface area contributed by atoms with Gasteiger partial charge in [0.1, 0.15) is 5.82 Å². The van der Waals surface area contributed by atoms with E-state index in [0.717, 1.165) is 49.8 Å². The molecule has 0 saturated carbocycles. The highest BCUT2D eigenvalue weighted by molar-refractivity contribution is 7.27. The molecule has 0 amide bonds. The van der Waals surface area contributed by atoms with Gasteiger partial charge in [0.2, 0.25) is 0 Å². The molecule has 0 aliphatic heterocycles. The van der Waals surface area contributed by atoms with Crippen molar-refractivity contribution in [1.82, 2.24) is 24.1 Å². The standard InChI is InChI=1S/C43H25N5S/c1-3-11-26(12-4-1)42-45-33-17-9-7-15-29(33)43(46-42)48-35-23-24-44-25-32(35)28-20-22-37-39(40(28)48)31-19-21-36-38(41(31)49-37)30-16-8-10-18-34(30)47(36)27-13-5-2-6-14-27/h1-25H. The number of pyridine rings is 1. The summed E-state index contributed by atoms with van der Waals surface area (Å²) in [7, 11) is 0. The van der Waals surface area contributed by atoms with Crippen molar-refractivity contribution in [3.05, 3.63) is 152 Å². The highest BCUT2D eigenvalue weighted by Crippen LogP contribution is 2.47. The SMILES string of the molecule is c1ccc(-c2nc(-n3c4ccncc4c4ccc5sc6c(ccc7c6c6ccccc6n7-c6ccccc6)c5c43)c3ccccc3n2)cc1.